The van der Waals surface area contributed by atoms with Gasteiger partial charge < -0.3 is 15.3 Å². The molecule has 11 heteroatoms. The number of hydrogen-bond acceptors (Lipinski definition) is 7. The number of fused-ring (bicyclic) bond motifs is 1. The molecule has 3 heterocycles. The van der Waals surface area contributed by atoms with E-state index >= 15 is 0 Å². The molecule has 2 N–H and O–H groups in total. The molecule has 5 rings (SSSR count). The predicted molar refractivity (Wildman–Crippen MR) is 135 cm³/mol. The number of hydrogen-bond donors (Lipinski definition) is 2. The summed E-state index contributed by atoms with van der Waals surface area (Å²) in [6, 6.07) is 5.41. The van der Waals surface area contributed by atoms with Crippen molar-refractivity contribution in [3.05, 3.63) is 41.7 Å². The van der Waals surface area contributed by atoms with Crippen LogP contribution in [0.1, 0.15) is 75.6 Å². The lowest BCUT2D eigenvalue weighted by atomic mass is 9.85. The number of β-amino-alcohol motifs (C(OH)–C–C–N with tert-alkyl or cyclic N) is 1. The smallest absolute Gasteiger partial charge is 0.248 e. The zero-order valence-electron chi connectivity index (χ0n) is 21.5. The molecule has 37 heavy (non-hydrogen) atoms. The van der Waals surface area contributed by atoms with Crippen LogP contribution >= 0.6 is 0 Å². The maximum Gasteiger partial charge on any atom is 0.248 e. The lowest BCUT2D eigenvalue weighted by Crippen LogP contribution is -2.51. The van der Waals surface area contributed by atoms with Crippen LogP contribution in [0.3, 0.4) is 0 Å². The van der Waals surface area contributed by atoms with Crippen LogP contribution in [0.2, 0.25) is 0 Å². The van der Waals surface area contributed by atoms with Crippen LogP contribution in [0.25, 0.3) is 0 Å². The molecule has 0 bridgehead atoms. The third-order valence-corrected chi connectivity index (χ3v) is 9.47. The lowest BCUT2D eigenvalue weighted by Gasteiger charge is -2.34. The number of aliphatic hydroxyl groups is 1. The van der Waals surface area contributed by atoms with Crippen molar-refractivity contribution < 1.29 is 23.1 Å². The second-order valence-corrected chi connectivity index (χ2v) is 13.7. The second kappa shape index (κ2) is 9.50. The van der Waals surface area contributed by atoms with Gasteiger partial charge in [0.25, 0.3) is 0 Å². The van der Waals surface area contributed by atoms with Crippen molar-refractivity contribution in [3.8, 4) is 0 Å². The summed E-state index contributed by atoms with van der Waals surface area (Å²) in [5, 5.41) is 21.9. The summed E-state index contributed by atoms with van der Waals surface area (Å²) in [5.74, 6) is -0.328. The molecule has 1 aromatic carbocycles. The number of likely N-dealkylation sites (tertiary alicyclic amines) is 1. The summed E-state index contributed by atoms with van der Waals surface area (Å²) in [7, 11) is -3.32. The van der Waals surface area contributed by atoms with Crippen molar-refractivity contribution in [3.63, 3.8) is 0 Å². The number of carbonyl (C=O) groups excluding carboxylic acids is 2. The molecule has 200 valence electrons. The van der Waals surface area contributed by atoms with Gasteiger partial charge in [0.2, 0.25) is 11.8 Å². The fourth-order valence-corrected chi connectivity index (χ4v) is 7.24. The first-order chi connectivity index (χ1) is 17.5. The van der Waals surface area contributed by atoms with Crippen molar-refractivity contribution in [1.82, 2.24) is 25.2 Å². The average Bonchev–Trinajstić information content (AvgIpc) is 3.44. The molecule has 2 amide bonds. The Balaban J connectivity index is 1.32. The van der Waals surface area contributed by atoms with E-state index in [0.29, 0.717) is 22.8 Å². The van der Waals surface area contributed by atoms with Crippen molar-refractivity contribution >= 4 is 21.7 Å². The number of sulfone groups is 1. The van der Waals surface area contributed by atoms with E-state index in [1.165, 1.54) is 4.90 Å². The Hall–Kier alpha value is -2.79. The van der Waals surface area contributed by atoms with Gasteiger partial charge in [0.1, 0.15) is 12.1 Å². The lowest BCUT2D eigenvalue weighted by molar-refractivity contribution is -0.144. The van der Waals surface area contributed by atoms with Crippen molar-refractivity contribution in [2.75, 3.05) is 18.8 Å². The number of aromatic nitrogens is 3. The third kappa shape index (κ3) is 5.16. The van der Waals surface area contributed by atoms with Gasteiger partial charge in [0, 0.05) is 37.5 Å². The third-order valence-electron chi connectivity index (χ3n) is 7.66. The van der Waals surface area contributed by atoms with Crippen LogP contribution in [0.4, 0.5) is 0 Å². The summed E-state index contributed by atoms with van der Waals surface area (Å²) >= 11 is 0. The maximum atomic E-state index is 13.9. The molecule has 1 saturated carbocycles. The first-order valence-corrected chi connectivity index (χ1v) is 14.6. The number of benzene rings is 1. The molecule has 4 atom stereocenters. The first kappa shape index (κ1) is 25.8. The van der Waals surface area contributed by atoms with Gasteiger partial charge in [-0.2, -0.15) is 0 Å². The van der Waals surface area contributed by atoms with E-state index in [1.54, 1.807) is 28.9 Å². The van der Waals surface area contributed by atoms with Gasteiger partial charge in [0.05, 0.1) is 22.4 Å². The molecule has 0 spiro atoms. The van der Waals surface area contributed by atoms with Gasteiger partial charge in [-0.1, -0.05) is 44.2 Å². The molecule has 1 aliphatic carbocycles. The van der Waals surface area contributed by atoms with Gasteiger partial charge in [0.15, 0.2) is 9.84 Å². The van der Waals surface area contributed by atoms with E-state index in [2.05, 4.69) is 15.6 Å². The Kier molecular flexibility index (Phi) is 6.64. The highest BCUT2D eigenvalue weighted by Gasteiger charge is 2.45. The standard InChI is InChI=1S/C26H35N5O5S/c1-26(2,3)23(31-15-20(28-29-31)16-8-9-16)25(34)30-14-18(32)12-21(30)24(33)27-13-17-10-11-37(35,36)22-7-5-4-6-19(17)22/h4-7,15-18,21,23,32H,8-14H2,1-3H3,(H,27,33)/t17?,18?,21?,23-/m1/s1. The molecule has 3 unspecified atom stereocenters. The zero-order chi connectivity index (χ0) is 26.5. The van der Waals surface area contributed by atoms with Crippen LogP contribution in [0.5, 0.6) is 0 Å². The first-order valence-electron chi connectivity index (χ1n) is 13.0. The highest BCUT2D eigenvalue weighted by atomic mass is 32.2. The molecule has 2 aliphatic heterocycles. The summed E-state index contributed by atoms with van der Waals surface area (Å²) < 4.78 is 26.5. The van der Waals surface area contributed by atoms with Crippen LogP contribution in [0.15, 0.2) is 35.4 Å². The minimum Gasteiger partial charge on any atom is -0.391 e. The van der Waals surface area contributed by atoms with Crippen LogP contribution in [-0.4, -0.2) is 76.2 Å². The summed E-state index contributed by atoms with van der Waals surface area (Å²) in [5.41, 5.74) is 1.09. The van der Waals surface area contributed by atoms with Gasteiger partial charge in [-0.25, -0.2) is 13.1 Å². The topological polar surface area (TPSA) is 134 Å². The fourth-order valence-electron chi connectivity index (χ4n) is 5.54. The van der Waals surface area contributed by atoms with Gasteiger partial charge in [-0.05, 0) is 36.3 Å². The van der Waals surface area contributed by atoms with E-state index in [9.17, 15) is 23.1 Å². The monoisotopic (exact) mass is 529 g/mol. The second-order valence-electron chi connectivity index (χ2n) is 11.6. The molecular formula is C26H35N5O5S. The Morgan fingerprint density at radius 1 is 1.19 bits per heavy atom. The molecule has 1 saturated heterocycles. The minimum absolute atomic E-state index is 0.0331. The van der Waals surface area contributed by atoms with E-state index in [4.69, 9.17) is 0 Å². The quantitative estimate of drug-likeness (QED) is 0.582. The molecule has 10 nitrogen and oxygen atoms in total. The van der Waals surface area contributed by atoms with Crippen LogP contribution in [-0.2, 0) is 19.4 Å². The molecule has 2 aromatic rings. The highest BCUT2D eigenvalue weighted by molar-refractivity contribution is 7.91. The average molecular weight is 530 g/mol. The normalized spacial score (nSPS) is 25.9. The Morgan fingerprint density at radius 2 is 1.92 bits per heavy atom. The van der Waals surface area contributed by atoms with E-state index < -0.39 is 33.4 Å². The van der Waals surface area contributed by atoms with Gasteiger partial charge in [-0.3, -0.25) is 9.59 Å². The molecule has 1 aromatic heterocycles. The number of rotatable bonds is 6. The van der Waals surface area contributed by atoms with E-state index in [1.807, 2.05) is 27.0 Å². The van der Waals surface area contributed by atoms with Crippen LogP contribution in [0, 0.1) is 5.41 Å². The SMILES string of the molecule is CC(C)(C)[C@@H](C(=O)N1CC(O)CC1C(=O)NCC1CCS(=O)(=O)c2ccccc21)n1cc(C2CC2)nn1. The van der Waals surface area contributed by atoms with Crippen molar-refractivity contribution in [1.29, 1.82) is 0 Å². The van der Waals surface area contributed by atoms with Crippen LogP contribution < -0.4 is 5.32 Å². The summed E-state index contributed by atoms with van der Waals surface area (Å²) in [6.45, 7) is 6.17. The number of nitrogens with one attached hydrogen (secondary N) is 1. The van der Waals surface area contributed by atoms with Gasteiger partial charge in [-0.15, -0.1) is 5.10 Å². The molecule has 0 radical (unpaired) electrons. The number of carbonyl (C=O) groups is 2. The minimum atomic E-state index is -3.32. The number of aliphatic hydroxyl groups excluding tert-OH is 1. The largest absolute Gasteiger partial charge is 0.391 e. The van der Waals surface area contributed by atoms with E-state index in [0.717, 1.165) is 18.5 Å². The number of amides is 2. The summed E-state index contributed by atoms with van der Waals surface area (Å²) in [6.07, 6.45) is 3.74. The summed E-state index contributed by atoms with van der Waals surface area (Å²) in [4.78, 5) is 29.0. The van der Waals surface area contributed by atoms with Crippen molar-refractivity contribution in [2.24, 2.45) is 5.41 Å². The Labute approximate surface area is 217 Å². The number of nitrogens with zero attached hydrogens (tertiary/aromatic N) is 4. The van der Waals surface area contributed by atoms with Crippen molar-refractivity contribution in [2.45, 2.75) is 81.4 Å². The zero-order valence-corrected chi connectivity index (χ0v) is 22.3. The predicted octanol–water partition coefficient (Wildman–Crippen LogP) is 1.78. The van der Waals surface area contributed by atoms with Gasteiger partial charge >= 0.3 is 0 Å². The van der Waals surface area contributed by atoms with E-state index in [-0.39, 0.29) is 43.0 Å². The highest BCUT2D eigenvalue weighted by Crippen LogP contribution is 2.40. The molecule has 2 fully saturated rings. The maximum absolute atomic E-state index is 13.9. The Morgan fingerprint density at radius 3 is 2.62 bits per heavy atom. The molecular weight excluding hydrogens is 494 g/mol. The Bertz CT molecular complexity index is 1300. The fraction of sp³-hybridized carbons (Fsp3) is 0.615. The molecule has 3 aliphatic rings.